The minimum absolute atomic E-state index is 0.0718. The highest BCUT2D eigenvalue weighted by atomic mass is 19.3. The lowest BCUT2D eigenvalue weighted by molar-refractivity contribution is -0.124. The number of rotatable bonds is 5. The summed E-state index contributed by atoms with van der Waals surface area (Å²) in [6, 6.07) is 6.60. The number of aromatic nitrogens is 1. The Bertz CT molecular complexity index is 978. The summed E-state index contributed by atoms with van der Waals surface area (Å²) in [6.07, 6.45) is 0.303. The zero-order valence-electron chi connectivity index (χ0n) is 16.4. The number of hydrogen-bond donors (Lipinski definition) is 2. The molecule has 1 aromatic carbocycles. The number of hydrogen-bond acceptors (Lipinski definition) is 6. The predicted octanol–water partition coefficient (Wildman–Crippen LogP) is 3.16. The average molecular weight is 405 g/mol. The second-order valence-corrected chi connectivity index (χ2v) is 6.65. The number of pyridine rings is 1. The standard InChI is InChI=1S/C20H21F2N3O4/c1-10-7-8-23-18(16(10)29-19(21)22)28-13-5-6-14(11(2)9-13)15-12(3)17(26)24-20(27)25(15)4/h5-9,19-20,27H,1-4H3,(H,24,26). The molecule has 3 rings (SSSR count). The number of nitrogens with zero attached hydrogens (tertiary/aromatic N) is 2. The van der Waals surface area contributed by atoms with Crippen molar-refractivity contribution >= 4 is 11.6 Å². The monoisotopic (exact) mass is 405 g/mol. The van der Waals surface area contributed by atoms with Crippen LogP contribution in [0.4, 0.5) is 8.78 Å². The number of alkyl halides is 2. The van der Waals surface area contributed by atoms with Crippen LogP contribution >= 0.6 is 0 Å². The van der Waals surface area contributed by atoms with Crippen LogP contribution in [0, 0.1) is 13.8 Å². The number of aliphatic hydroxyl groups excluding tert-OH is 1. The van der Waals surface area contributed by atoms with Crippen LogP contribution in [0.1, 0.15) is 23.6 Å². The van der Waals surface area contributed by atoms with Crippen LogP contribution < -0.4 is 14.8 Å². The quantitative estimate of drug-likeness (QED) is 0.795. The molecule has 1 unspecified atom stereocenters. The first-order valence-corrected chi connectivity index (χ1v) is 8.81. The van der Waals surface area contributed by atoms with E-state index in [1.54, 1.807) is 50.1 Å². The molecule has 0 radical (unpaired) electrons. The van der Waals surface area contributed by atoms with Gasteiger partial charge in [-0.2, -0.15) is 8.78 Å². The maximum atomic E-state index is 12.7. The molecule has 0 saturated carbocycles. The average Bonchev–Trinajstić information content (AvgIpc) is 2.64. The normalized spacial score (nSPS) is 16.9. The summed E-state index contributed by atoms with van der Waals surface area (Å²) in [6.45, 7) is 2.10. The molecule has 2 aromatic rings. The lowest BCUT2D eigenvalue weighted by Crippen LogP contribution is -2.50. The molecule has 1 aromatic heterocycles. The van der Waals surface area contributed by atoms with Gasteiger partial charge in [0.2, 0.25) is 6.35 Å². The van der Waals surface area contributed by atoms with E-state index in [0.717, 1.165) is 11.1 Å². The predicted molar refractivity (Wildman–Crippen MR) is 101 cm³/mol. The molecule has 0 bridgehead atoms. The molecule has 0 aliphatic carbocycles. The highest BCUT2D eigenvalue weighted by Crippen LogP contribution is 2.35. The number of halogens is 2. The van der Waals surface area contributed by atoms with Crippen molar-refractivity contribution in [3.8, 4) is 17.4 Å². The van der Waals surface area contributed by atoms with Crippen molar-refractivity contribution in [2.24, 2.45) is 0 Å². The zero-order chi connectivity index (χ0) is 21.3. The third-order valence-electron chi connectivity index (χ3n) is 4.62. The van der Waals surface area contributed by atoms with Crippen LogP contribution in [-0.2, 0) is 4.79 Å². The molecule has 1 aliphatic heterocycles. The number of nitrogens with one attached hydrogen (secondary N) is 1. The lowest BCUT2D eigenvalue weighted by Gasteiger charge is -2.34. The van der Waals surface area contributed by atoms with Crippen molar-refractivity contribution in [2.45, 2.75) is 33.7 Å². The fraction of sp³-hybridized carbons (Fsp3) is 0.300. The number of amides is 1. The van der Waals surface area contributed by atoms with Crippen LogP contribution in [-0.4, -0.2) is 40.9 Å². The number of carbonyl (C=O) groups is 1. The Balaban J connectivity index is 1.95. The molecule has 0 saturated heterocycles. The minimum Gasteiger partial charge on any atom is -0.436 e. The van der Waals surface area contributed by atoms with Crippen molar-refractivity contribution in [1.82, 2.24) is 15.2 Å². The summed E-state index contributed by atoms with van der Waals surface area (Å²) in [5.41, 5.74) is 3.00. The van der Waals surface area contributed by atoms with Crippen LogP contribution in [0.25, 0.3) is 5.70 Å². The Morgan fingerprint density at radius 2 is 1.93 bits per heavy atom. The second-order valence-electron chi connectivity index (χ2n) is 6.65. The Morgan fingerprint density at radius 1 is 1.21 bits per heavy atom. The fourth-order valence-electron chi connectivity index (χ4n) is 3.11. The summed E-state index contributed by atoms with van der Waals surface area (Å²) in [7, 11) is 1.66. The third-order valence-corrected chi connectivity index (χ3v) is 4.62. The fourth-order valence-corrected chi connectivity index (χ4v) is 3.11. The van der Waals surface area contributed by atoms with E-state index in [4.69, 9.17) is 4.74 Å². The Morgan fingerprint density at radius 3 is 2.59 bits per heavy atom. The number of aliphatic hydroxyl groups is 1. The van der Waals surface area contributed by atoms with Gasteiger partial charge in [0.05, 0.1) is 5.70 Å². The molecule has 1 amide bonds. The summed E-state index contributed by atoms with van der Waals surface area (Å²) >= 11 is 0. The number of aryl methyl sites for hydroxylation is 2. The van der Waals surface area contributed by atoms with E-state index in [1.165, 1.54) is 6.20 Å². The highest BCUT2D eigenvalue weighted by Gasteiger charge is 2.28. The number of carbonyl (C=O) groups excluding carboxylic acids is 1. The molecule has 154 valence electrons. The molecular formula is C20H21F2N3O4. The van der Waals surface area contributed by atoms with E-state index >= 15 is 0 Å². The van der Waals surface area contributed by atoms with Crippen LogP contribution in [0.3, 0.4) is 0 Å². The van der Waals surface area contributed by atoms with E-state index < -0.39 is 13.0 Å². The van der Waals surface area contributed by atoms with Gasteiger partial charge >= 0.3 is 6.61 Å². The van der Waals surface area contributed by atoms with Crippen molar-refractivity contribution in [2.75, 3.05) is 7.05 Å². The van der Waals surface area contributed by atoms with Crippen molar-refractivity contribution in [3.63, 3.8) is 0 Å². The first kappa shape index (κ1) is 20.5. The summed E-state index contributed by atoms with van der Waals surface area (Å²) in [5.74, 6) is -0.194. The smallest absolute Gasteiger partial charge is 0.387 e. The molecule has 7 nitrogen and oxygen atoms in total. The van der Waals surface area contributed by atoms with Crippen LogP contribution in [0.2, 0.25) is 0 Å². The van der Waals surface area contributed by atoms with Crippen LogP contribution in [0.5, 0.6) is 17.4 Å². The first-order valence-electron chi connectivity index (χ1n) is 8.81. The van der Waals surface area contributed by atoms with Gasteiger partial charge in [0.15, 0.2) is 5.75 Å². The van der Waals surface area contributed by atoms with Gasteiger partial charge in [-0.25, -0.2) is 4.98 Å². The molecule has 0 spiro atoms. The van der Waals surface area contributed by atoms with E-state index in [1.807, 2.05) is 6.92 Å². The first-order chi connectivity index (χ1) is 13.7. The van der Waals surface area contributed by atoms with Gasteiger partial charge in [0.25, 0.3) is 11.8 Å². The molecule has 29 heavy (non-hydrogen) atoms. The topological polar surface area (TPSA) is 83.9 Å². The summed E-state index contributed by atoms with van der Waals surface area (Å²) < 4.78 is 35.6. The third kappa shape index (κ3) is 4.14. The van der Waals surface area contributed by atoms with Gasteiger partial charge in [-0.15, -0.1) is 0 Å². The van der Waals surface area contributed by atoms with Crippen molar-refractivity contribution in [3.05, 3.63) is 52.7 Å². The highest BCUT2D eigenvalue weighted by molar-refractivity contribution is 6.02. The van der Waals surface area contributed by atoms with Gasteiger partial charge in [0, 0.05) is 24.4 Å². The van der Waals surface area contributed by atoms with Crippen molar-refractivity contribution in [1.29, 1.82) is 0 Å². The van der Waals surface area contributed by atoms with Gasteiger partial charge in [-0.1, -0.05) is 0 Å². The zero-order valence-corrected chi connectivity index (χ0v) is 16.4. The van der Waals surface area contributed by atoms with Gasteiger partial charge in [-0.3, -0.25) is 4.79 Å². The van der Waals surface area contributed by atoms with Gasteiger partial charge in [-0.05, 0) is 56.2 Å². The molecule has 9 heteroatoms. The SMILES string of the molecule is CC1=C(c2ccc(Oc3nccc(C)c3OC(F)F)cc2C)N(C)C(O)NC1=O. The van der Waals surface area contributed by atoms with Gasteiger partial charge < -0.3 is 24.8 Å². The van der Waals surface area contributed by atoms with Gasteiger partial charge in [0.1, 0.15) is 5.75 Å². The maximum Gasteiger partial charge on any atom is 0.387 e. The molecule has 1 aliphatic rings. The lowest BCUT2D eigenvalue weighted by atomic mass is 9.99. The van der Waals surface area contributed by atoms with Crippen LogP contribution in [0.15, 0.2) is 36.0 Å². The van der Waals surface area contributed by atoms with E-state index in [9.17, 15) is 18.7 Å². The Kier molecular flexibility index (Phi) is 5.69. The summed E-state index contributed by atoms with van der Waals surface area (Å²) in [4.78, 5) is 17.6. The van der Waals surface area contributed by atoms with E-state index in [0.29, 0.717) is 22.6 Å². The molecule has 2 heterocycles. The second kappa shape index (κ2) is 8.04. The number of ether oxygens (including phenoxy) is 2. The molecule has 1 atom stereocenters. The van der Waals surface area contributed by atoms with E-state index in [2.05, 4.69) is 15.0 Å². The molecule has 0 fully saturated rings. The Hall–Kier alpha value is -3.20. The minimum atomic E-state index is -3.00. The Labute approximate surface area is 166 Å². The largest absolute Gasteiger partial charge is 0.436 e. The van der Waals surface area contributed by atoms with Crippen molar-refractivity contribution < 1.29 is 28.2 Å². The number of benzene rings is 1. The molecular weight excluding hydrogens is 384 g/mol. The maximum absolute atomic E-state index is 12.7. The van der Waals surface area contributed by atoms with E-state index in [-0.39, 0.29) is 17.5 Å². The summed E-state index contributed by atoms with van der Waals surface area (Å²) in [5, 5.41) is 12.5. The molecule has 2 N–H and O–H groups in total.